The Morgan fingerprint density at radius 1 is 1.32 bits per heavy atom. The van der Waals surface area contributed by atoms with Crippen molar-refractivity contribution in [2.45, 2.75) is 33.6 Å². The van der Waals surface area contributed by atoms with E-state index in [1.54, 1.807) is 26.0 Å². The van der Waals surface area contributed by atoms with Crippen molar-refractivity contribution in [1.29, 1.82) is 0 Å². The van der Waals surface area contributed by atoms with Crippen molar-refractivity contribution in [3.63, 3.8) is 0 Å². The van der Waals surface area contributed by atoms with Gasteiger partial charge in [-0.1, -0.05) is 11.6 Å². The topological polar surface area (TPSA) is 63.6 Å². The molecule has 0 amide bonds. The Morgan fingerprint density at radius 2 is 1.95 bits per heavy atom. The highest BCUT2D eigenvalue weighted by Gasteiger charge is 2.28. The van der Waals surface area contributed by atoms with E-state index in [2.05, 4.69) is 0 Å². The molecular weight excluding hydrogens is 244 g/mol. The van der Waals surface area contributed by atoms with Crippen LogP contribution < -0.4 is 4.74 Å². The summed E-state index contributed by atoms with van der Waals surface area (Å²) in [5, 5.41) is 9.03. The van der Waals surface area contributed by atoms with Gasteiger partial charge in [-0.2, -0.15) is 0 Å². The molecule has 0 aliphatic rings. The summed E-state index contributed by atoms with van der Waals surface area (Å²) in [5.41, 5.74) is 0.595. The monoisotopic (exact) mass is 264 g/mol. The number of carboxylic acids is 1. The molecule has 0 fully saturated rings. The molecule has 1 aromatic rings. The highest BCUT2D eigenvalue weighted by Crippen LogP contribution is 2.26. The highest BCUT2D eigenvalue weighted by atomic mass is 16.5. The van der Waals surface area contributed by atoms with Gasteiger partial charge >= 0.3 is 5.97 Å². The lowest BCUT2D eigenvalue weighted by molar-refractivity contribution is -0.147. The number of carboxylic acid groups (broad SMARTS) is 1. The van der Waals surface area contributed by atoms with Gasteiger partial charge in [0.15, 0.2) is 5.78 Å². The van der Waals surface area contributed by atoms with Crippen LogP contribution in [0.3, 0.4) is 0 Å². The lowest BCUT2D eigenvalue weighted by Gasteiger charge is -2.18. The summed E-state index contributed by atoms with van der Waals surface area (Å²) in [5.74, 6) is -0.449. The van der Waals surface area contributed by atoms with E-state index in [4.69, 9.17) is 9.84 Å². The fourth-order valence-electron chi connectivity index (χ4n) is 1.71. The quantitative estimate of drug-likeness (QED) is 0.802. The van der Waals surface area contributed by atoms with Gasteiger partial charge in [0, 0.05) is 6.42 Å². The molecule has 1 rings (SSSR count). The lowest BCUT2D eigenvalue weighted by Crippen LogP contribution is -2.24. The van der Waals surface area contributed by atoms with Crippen LogP contribution in [0, 0.1) is 12.3 Å². The van der Waals surface area contributed by atoms with Crippen LogP contribution in [0.4, 0.5) is 0 Å². The van der Waals surface area contributed by atoms with Crippen LogP contribution in [-0.4, -0.2) is 24.0 Å². The maximum Gasteiger partial charge on any atom is 0.309 e. The maximum atomic E-state index is 12.2. The smallest absolute Gasteiger partial charge is 0.309 e. The zero-order valence-electron chi connectivity index (χ0n) is 11.8. The van der Waals surface area contributed by atoms with E-state index in [-0.39, 0.29) is 12.2 Å². The normalized spacial score (nSPS) is 11.2. The molecule has 0 aliphatic heterocycles. The van der Waals surface area contributed by atoms with Gasteiger partial charge in [0.05, 0.1) is 18.1 Å². The number of aryl methyl sites for hydroxylation is 1. The number of carbonyl (C=O) groups excluding carboxylic acids is 1. The Balaban J connectivity index is 2.84. The summed E-state index contributed by atoms with van der Waals surface area (Å²) in [6.07, 6.45) is 0.497. The molecular formula is C15H20O4. The van der Waals surface area contributed by atoms with Crippen LogP contribution in [0.5, 0.6) is 5.75 Å². The van der Waals surface area contributed by atoms with Crippen LogP contribution in [0.2, 0.25) is 0 Å². The zero-order valence-corrected chi connectivity index (χ0v) is 11.8. The molecule has 0 heterocycles. The van der Waals surface area contributed by atoms with E-state index >= 15 is 0 Å². The van der Waals surface area contributed by atoms with Crippen LogP contribution in [-0.2, 0) is 4.79 Å². The molecule has 0 saturated heterocycles. The Labute approximate surface area is 113 Å². The second-order valence-electron chi connectivity index (χ2n) is 5.32. The van der Waals surface area contributed by atoms with E-state index < -0.39 is 11.4 Å². The van der Waals surface area contributed by atoms with Gasteiger partial charge in [-0.05, 0) is 39.3 Å². The number of ketones is 1. The summed E-state index contributed by atoms with van der Waals surface area (Å²) in [6, 6.07) is 5.40. The molecule has 1 N–H and O–H groups in total. The SMILES string of the molecule is COc1ccc(C)cc1C(=O)CCC(C)(C)C(=O)O. The minimum Gasteiger partial charge on any atom is -0.496 e. The van der Waals surface area contributed by atoms with Crippen molar-refractivity contribution in [1.82, 2.24) is 0 Å². The average molecular weight is 264 g/mol. The van der Waals surface area contributed by atoms with Crippen molar-refractivity contribution in [3.8, 4) is 5.75 Å². The number of methoxy groups -OCH3 is 1. The third-order valence-corrected chi connectivity index (χ3v) is 3.21. The van der Waals surface area contributed by atoms with Gasteiger partial charge in [-0.15, -0.1) is 0 Å². The standard InChI is InChI=1S/C15H20O4/c1-10-5-6-13(19-4)11(9-10)12(16)7-8-15(2,3)14(17)18/h5-6,9H,7-8H2,1-4H3,(H,17,18). The first-order valence-electron chi connectivity index (χ1n) is 6.19. The Bertz CT molecular complexity index is 489. The minimum absolute atomic E-state index is 0.0881. The fraction of sp³-hybridized carbons (Fsp3) is 0.467. The number of hydrogen-bond acceptors (Lipinski definition) is 3. The highest BCUT2D eigenvalue weighted by molar-refractivity contribution is 5.99. The molecule has 1 aromatic carbocycles. The molecule has 0 bridgehead atoms. The molecule has 0 radical (unpaired) electrons. The second kappa shape index (κ2) is 5.87. The first-order chi connectivity index (χ1) is 8.77. The van der Waals surface area contributed by atoms with Crippen molar-refractivity contribution in [3.05, 3.63) is 29.3 Å². The fourth-order valence-corrected chi connectivity index (χ4v) is 1.71. The van der Waals surface area contributed by atoms with E-state index in [0.717, 1.165) is 5.56 Å². The lowest BCUT2D eigenvalue weighted by atomic mass is 9.86. The zero-order chi connectivity index (χ0) is 14.6. The number of aliphatic carboxylic acids is 1. The molecule has 4 heteroatoms. The third-order valence-electron chi connectivity index (χ3n) is 3.21. The molecule has 0 aliphatic carbocycles. The molecule has 0 aromatic heterocycles. The van der Waals surface area contributed by atoms with Gasteiger partial charge in [-0.25, -0.2) is 0 Å². The number of rotatable bonds is 6. The summed E-state index contributed by atoms with van der Waals surface area (Å²) < 4.78 is 5.16. The van der Waals surface area contributed by atoms with Crippen molar-refractivity contribution < 1.29 is 19.4 Å². The number of Topliss-reactive ketones (excluding diaryl/α,β-unsaturated/α-hetero) is 1. The van der Waals surface area contributed by atoms with Gasteiger partial charge in [0.25, 0.3) is 0 Å². The van der Waals surface area contributed by atoms with E-state index in [0.29, 0.717) is 17.7 Å². The van der Waals surface area contributed by atoms with E-state index in [1.165, 1.54) is 7.11 Å². The maximum absolute atomic E-state index is 12.2. The predicted octanol–water partition coefficient (Wildman–Crippen LogP) is 3.08. The van der Waals surface area contributed by atoms with Crippen molar-refractivity contribution >= 4 is 11.8 Å². The number of carbonyl (C=O) groups is 2. The van der Waals surface area contributed by atoms with Crippen LogP contribution in [0.1, 0.15) is 42.6 Å². The summed E-state index contributed by atoms with van der Waals surface area (Å²) in [7, 11) is 1.52. The summed E-state index contributed by atoms with van der Waals surface area (Å²) >= 11 is 0. The van der Waals surface area contributed by atoms with Crippen molar-refractivity contribution in [2.75, 3.05) is 7.11 Å². The molecule has 0 unspecified atom stereocenters. The molecule has 104 valence electrons. The van der Waals surface area contributed by atoms with E-state index in [1.807, 2.05) is 13.0 Å². The minimum atomic E-state index is -0.896. The van der Waals surface area contributed by atoms with E-state index in [9.17, 15) is 9.59 Å². The Kier molecular flexibility index (Phi) is 4.70. The molecule has 0 atom stereocenters. The third kappa shape index (κ3) is 3.81. The van der Waals surface area contributed by atoms with Crippen LogP contribution in [0.25, 0.3) is 0 Å². The molecule has 19 heavy (non-hydrogen) atoms. The average Bonchev–Trinajstić information content (AvgIpc) is 2.35. The largest absolute Gasteiger partial charge is 0.496 e. The van der Waals surface area contributed by atoms with Gasteiger partial charge < -0.3 is 9.84 Å². The molecule has 0 spiro atoms. The number of hydrogen-bond donors (Lipinski definition) is 1. The van der Waals surface area contributed by atoms with Gasteiger partial charge in [0.2, 0.25) is 0 Å². The van der Waals surface area contributed by atoms with Crippen molar-refractivity contribution in [2.24, 2.45) is 5.41 Å². The Morgan fingerprint density at radius 3 is 2.47 bits per heavy atom. The summed E-state index contributed by atoms with van der Waals surface area (Å²) in [4.78, 5) is 23.2. The molecule has 0 saturated carbocycles. The van der Waals surface area contributed by atoms with Crippen LogP contribution in [0.15, 0.2) is 18.2 Å². The van der Waals surface area contributed by atoms with Crippen LogP contribution >= 0.6 is 0 Å². The first-order valence-corrected chi connectivity index (χ1v) is 6.19. The number of benzene rings is 1. The molecule has 4 nitrogen and oxygen atoms in total. The number of ether oxygens (including phenoxy) is 1. The second-order valence-corrected chi connectivity index (χ2v) is 5.32. The van der Waals surface area contributed by atoms with Gasteiger partial charge in [-0.3, -0.25) is 9.59 Å². The Hall–Kier alpha value is -1.84. The summed E-state index contributed by atoms with van der Waals surface area (Å²) in [6.45, 7) is 5.14. The first kappa shape index (κ1) is 15.2. The van der Waals surface area contributed by atoms with Gasteiger partial charge in [0.1, 0.15) is 5.75 Å². The predicted molar refractivity (Wildman–Crippen MR) is 72.7 cm³/mol.